The second-order valence-electron chi connectivity index (χ2n) is 6.92. The van der Waals surface area contributed by atoms with Gasteiger partial charge in [0.1, 0.15) is 0 Å². The minimum atomic E-state index is -0.213. The molecule has 0 bridgehead atoms. The summed E-state index contributed by atoms with van der Waals surface area (Å²) in [5, 5.41) is 15.3. The number of carbonyl (C=O) groups is 1. The van der Waals surface area contributed by atoms with Crippen molar-refractivity contribution in [2.24, 2.45) is 0 Å². The highest BCUT2D eigenvalue weighted by atomic mass is 35.5. The molecule has 1 aromatic heterocycles. The quantitative estimate of drug-likeness (QED) is 0.671. The van der Waals surface area contributed by atoms with Gasteiger partial charge < -0.3 is 10.6 Å². The van der Waals surface area contributed by atoms with Crippen molar-refractivity contribution in [3.63, 3.8) is 0 Å². The topological polar surface area (TPSA) is 71.8 Å². The van der Waals surface area contributed by atoms with Crippen molar-refractivity contribution in [2.75, 3.05) is 0 Å². The lowest BCUT2D eigenvalue weighted by Gasteiger charge is -2.09. The molecule has 0 atom stereocenters. The summed E-state index contributed by atoms with van der Waals surface area (Å²) in [5.41, 5.74) is 5.66. The number of fused-ring (bicyclic) bond motifs is 1. The zero-order chi connectivity index (χ0) is 19.5. The summed E-state index contributed by atoms with van der Waals surface area (Å²) in [5.74, 6) is -0.213. The van der Waals surface area contributed by atoms with Crippen molar-refractivity contribution in [1.29, 1.82) is 0 Å². The van der Waals surface area contributed by atoms with E-state index in [1.807, 2.05) is 18.2 Å². The Labute approximate surface area is 168 Å². The van der Waals surface area contributed by atoms with E-state index < -0.39 is 0 Å². The van der Waals surface area contributed by atoms with E-state index in [1.165, 1.54) is 11.1 Å². The number of hydrogen-bond acceptors (Lipinski definition) is 4. The van der Waals surface area contributed by atoms with Crippen LogP contribution in [-0.2, 0) is 26.1 Å². The Morgan fingerprint density at radius 1 is 1.21 bits per heavy atom. The summed E-state index contributed by atoms with van der Waals surface area (Å²) in [4.78, 5) is 12.8. The van der Waals surface area contributed by atoms with Crippen molar-refractivity contribution < 1.29 is 4.79 Å². The highest BCUT2D eigenvalue weighted by Crippen LogP contribution is 2.19. The van der Waals surface area contributed by atoms with Crippen molar-refractivity contribution in [2.45, 2.75) is 39.4 Å². The molecule has 0 fully saturated rings. The van der Waals surface area contributed by atoms with Crippen LogP contribution >= 0.6 is 11.6 Å². The van der Waals surface area contributed by atoms with Crippen molar-refractivity contribution in [1.82, 2.24) is 25.6 Å². The minimum Gasteiger partial charge on any atom is -0.347 e. The molecule has 144 valence electrons. The number of carbonyl (C=O) groups excluding carboxylic acids is 1. The molecule has 2 aromatic carbocycles. The highest BCUT2D eigenvalue weighted by Gasteiger charge is 2.20. The summed E-state index contributed by atoms with van der Waals surface area (Å²) < 4.78 is 1.70. The molecule has 0 unspecified atom stereocenters. The predicted octanol–water partition coefficient (Wildman–Crippen LogP) is 3.41. The van der Waals surface area contributed by atoms with Crippen LogP contribution < -0.4 is 10.6 Å². The summed E-state index contributed by atoms with van der Waals surface area (Å²) >= 11 is 6.11. The summed E-state index contributed by atoms with van der Waals surface area (Å²) in [6.07, 6.45) is 1.58. The largest absolute Gasteiger partial charge is 0.347 e. The van der Waals surface area contributed by atoms with Gasteiger partial charge in [-0.05, 0) is 41.3 Å². The van der Waals surface area contributed by atoms with Gasteiger partial charge in [0, 0.05) is 24.7 Å². The van der Waals surface area contributed by atoms with Gasteiger partial charge in [-0.15, -0.1) is 5.10 Å². The number of nitrogens with zero attached hydrogens (tertiary/aromatic N) is 3. The van der Waals surface area contributed by atoms with Crippen LogP contribution in [0.2, 0.25) is 5.02 Å². The molecule has 2 heterocycles. The standard InChI is InChI=1S/C21H22ClN5O/c1-2-4-19-20(25-26-27(19)18-6-3-5-17(22)10-18)21(28)24-11-14-7-8-15-12-23-13-16(15)9-14/h3,5-10,23H,2,4,11-13H2,1H3,(H,24,28). The van der Waals surface area contributed by atoms with E-state index in [4.69, 9.17) is 11.6 Å². The van der Waals surface area contributed by atoms with Crippen LogP contribution in [0.25, 0.3) is 5.69 Å². The molecule has 0 spiro atoms. The molecule has 0 saturated carbocycles. The molecule has 0 aliphatic carbocycles. The number of amides is 1. The smallest absolute Gasteiger partial charge is 0.274 e. The first-order valence-electron chi connectivity index (χ1n) is 9.46. The van der Waals surface area contributed by atoms with Gasteiger partial charge in [0.15, 0.2) is 5.69 Å². The Bertz CT molecular complexity index is 1010. The summed E-state index contributed by atoms with van der Waals surface area (Å²) in [6, 6.07) is 13.7. The molecule has 1 aliphatic rings. The first-order chi connectivity index (χ1) is 13.7. The normalized spacial score (nSPS) is 12.8. The molecular formula is C21H22ClN5O. The zero-order valence-corrected chi connectivity index (χ0v) is 16.5. The van der Waals surface area contributed by atoms with Gasteiger partial charge in [-0.2, -0.15) is 0 Å². The Hall–Kier alpha value is -2.70. The van der Waals surface area contributed by atoms with Crippen LogP contribution in [0.5, 0.6) is 0 Å². The van der Waals surface area contributed by atoms with E-state index >= 15 is 0 Å². The van der Waals surface area contributed by atoms with Gasteiger partial charge in [-0.1, -0.05) is 54.4 Å². The maximum atomic E-state index is 12.8. The van der Waals surface area contributed by atoms with E-state index in [0.717, 1.165) is 36.5 Å². The molecule has 28 heavy (non-hydrogen) atoms. The number of halogens is 1. The van der Waals surface area contributed by atoms with Gasteiger partial charge in [-0.3, -0.25) is 4.79 Å². The second-order valence-corrected chi connectivity index (χ2v) is 7.35. The zero-order valence-electron chi connectivity index (χ0n) is 15.7. The van der Waals surface area contributed by atoms with Crippen LogP contribution in [0.1, 0.15) is 46.2 Å². The number of benzene rings is 2. The van der Waals surface area contributed by atoms with E-state index in [1.54, 1.807) is 10.7 Å². The van der Waals surface area contributed by atoms with E-state index in [9.17, 15) is 4.79 Å². The van der Waals surface area contributed by atoms with Crippen LogP contribution in [0, 0.1) is 0 Å². The molecule has 6 nitrogen and oxygen atoms in total. The molecule has 4 rings (SSSR count). The molecular weight excluding hydrogens is 374 g/mol. The molecule has 1 aliphatic heterocycles. The first-order valence-corrected chi connectivity index (χ1v) is 9.83. The van der Waals surface area contributed by atoms with E-state index in [2.05, 4.69) is 46.1 Å². The number of rotatable bonds is 6. The molecule has 1 amide bonds. The van der Waals surface area contributed by atoms with Gasteiger partial charge in [0.2, 0.25) is 0 Å². The first kappa shape index (κ1) is 18.7. The van der Waals surface area contributed by atoms with Crippen LogP contribution in [0.4, 0.5) is 0 Å². The SMILES string of the molecule is CCCc1c(C(=O)NCc2ccc3c(c2)CNC3)nnn1-c1cccc(Cl)c1. The Morgan fingerprint density at radius 2 is 2.07 bits per heavy atom. The van der Waals surface area contributed by atoms with Crippen molar-refractivity contribution >= 4 is 17.5 Å². The second kappa shape index (κ2) is 8.12. The fourth-order valence-electron chi connectivity index (χ4n) is 3.48. The fraction of sp³-hybridized carbons (Fsp3) is 0.286. The Morgan fingerprint density at radius 3 is 2.89 bits per heavy atom. The molecule has 3 aromatic rings. The van der Waals surface area contributed by atoms with Crippen LogP contribution in [-0.4, -0.2) is 20.9 Å². The van der Waals surface area contributed by atoms with E-state index in [-0.39, 0.29) is 5.91 Å². The van der Waals surface area contributed by atoms with Crippen LogP contribution in [0.3, 0.4) is 0 Å². The average molecular weight is 396 g/mol. The number of aromatic nitrogens is 3. The third-order valence-electron chi connectivity index (χ3n) is 4.87. The summed E-state index contributed by atoms with van der Waals surface area (Å²) in [7, 11) is 0. The molecule has 7 heteroatoms. The Kier molecular flexibility index (Phi) is 5.41. The minimum absolute atomic E-state index is 0.213. The third kappa shape index (κ3) is 3.79. The van der Waals surface area contributed by atoms with Gasteiger partial charge >= 0.3 is 0 Å². The van der Waals surface area contributed by atoms with E-state index in [0.29, 0.717) is 23.7 Å². The lowest BCUT2D eigenvalue weighted by atomic mass is 10.1. The predicted molar refractivity (Wildman–Crippen MR) is 109 cm³/mol. The lowest BCUT2D eigenvalue weighted by molar-refractivity contribution is 0.0945. The number of nitrogens with one attached hydrogen (secondary N) is 2. The molecule has 0 radical (unpaired) electrons. The fourth-order valence-corrected chi connectivity index (χ4v) is 3.66. The van der Waals surface area contributed by atoms with Crippen molar-refractivity contribution in [3.8, 4) is 5.69 Å². The van der Waals surface area contributed by atoms with Gasteiger partial charge in [0.25, 0.3) is 5.91 Å². The lowest BCUT2D eigenvalue weighted by Crippen LogP contribution is -2.24. The summed E-state index contributed by atoms with van der Waals surface area (Å²) in [6.45, 7) is 4.32. The third-order valence-corrected chi connectivity index (χ3v) is 5.11. The van der Waals surface area contributed by atoms with Crippen molar-refractivity contribution in [3.05, 3.63) is 75.6 Å². The van der Waals surface area contributed by atoms with Gasteiger partial charge in [0.05, 0.1) is 11.4 Å². The van der Waals surface area contributed by atoms with Crippen LogP contribution in [0.15, 0.2) is 42.5 Å². The van der Waals surface area contributed by atoms with Gasteiger partial charge in [-0.25, -0.2) is 4.68 Å². The maximum Gasteiger partial charge on any atom is 0.274 e. The number of hydrogen-bond donors (Lipinski definition) is 2. The average Bonchev–Trinajstić information content (AvgIpc) is 3.33. The monoisotopic (exact) mass is 395 g/mol. The molecule has 0 saturated heterocycles. The highest BCUT2D eigenvalue weighted by molar-refractivity contribution is 6.30. The molecule has 2 N–H and O–H groups in total. The maximum absolute atomic E-state index is 12.8. The Balaban J connectivity index is 1.54.